The molecule has 0 aliphatic rings. The molecule has 26 heavy (non-hydrogen) atoms. The minimum Gasteiger partial charge on any atom is -0.494 e. The van der Waals surface area contributed by atoms with E-state index in [0.717, 1.165) is 43.1 Å². The van der Waals surface area contributed by atoms with E-state index in [9.17, 15) is 0 Å². The maximum atomic E-state index is 5.74. The molecule has 1 aromatic carbocycles. The second-order valence-corrected chi connectivity index (χ2v) is 6.58. The van der Waals surface area contributed by atoms with Gasteiger partial charge in [-0.25, -0.2) is 9.97 Å². The Balaban J connectivity index is 1.76. The topological polar surface area (TPSA) is 44.2 Å². The van der Waals surface area contributed by atoms with Crippen LogP contribution >= 0.6 is 0 Å². The highest BCUT2D eigenvalue weighted by molar-refractivity contribution is 5.56. The summed E-state index contributed by atoms with van der Waals surface area (Å²) in [5, 5.41) is 0. The van der Waals surface area contributed by atoms with E-state index in [0.29, 0.717) is 5.82 Å². The smallest absolute Gasteiger partial charge is 0.159 e. The van der Waals surface area contributed by atoms with Crippen LogP contribution in [0.5, 0.6) is 11.5 Å². The fourth-order valence-electron chi connectivity index (χ4n) is 2.68. The highest BCUT2D eigenvalue weighted by Crippen LogP contribution is 2.20. The highest BCUT2D eigenvalue weighted by Gasteiger charge is 2.03. The SMILES string of the molecule is CCCCCCCOc1cnc(-c2ccc(OCCCCC)cc2)nc1. The van der Waals surface area contributed by atoms with Crippen LogP contribution in [0.2, 0.25) is 0 Å². The highest BCUT2D eigenvalue weighted by atomic mass is 16.5. The first-order valence-corrected chi connectivity index (χ1v) is 10.0. The quantitative estimate of drug-likeness (QED) is 0.409. The van der Waals surface area contributed by atoms with Crippen LogP contribution in [0, 0.1) is 0 Å². The Bertz CT molecular complexity index is 597. The van der Waals surface area contributed by atoms with E-state index in [2.05, 4.69) is 23.8 Å². The van der Waals surface area contributed by atoms with Gasteiger partial charge in [-0.1, -0.05) is 52.4 Å². The number of aromatic nitrogens is 2. The average Bonchev–Trinajstić information content (AvgIpc) is 2.69. The molecule has 1 aromatic heterocycles. The molecule has 0 spiro atoms. The van der Waals surface area contributed by atoms with E-state index in [4.69, 9.17) is 9.47 Å². The molecule has 0 radical (unpaired) electrons. The monoisotopic (exact) mass is 356 g/mol. The van der Waals surface area contributed by atoms with Crippen molar-refractivity contribution in [1.82, 2.24) is 9.97 Å². The first-order valence-electron chi connectivity index (χ1n) is 10.0. The van der Waals surface area contributed by atoms with Crippen molar-refractivity contribution in [2.24, 2.45) is 0 Å². The summed E-state index contributed by atoms with van der Waals surface area (Å²) >= 11 is 0. The summed E-state index contributed by atoms with van der Waals surface area (Å²) in [7, 11) is 0. The van der Waals surface area contributed by atoms with Crippen LogP contribution in [0.3, 0.4) is 0 Å². The Labute approximate surface area is 158 Å². The Morgan fingerprint density at radius 1 is 0.654 bits per heavy atom. The van der Waals surface area contributed by atoms with Crippen molar-refractivity contribution in [3.8, 4) is 22.9 Å². The maximum Gasteiger partial charge on any atom is 0.159 e. The van der Waals surface area contributed by atoms with E-state index in [1.54, 1.807) is 12.4 Å². The van der Waals surface area contributed by atoms with Gasteiger partial charge in [0.05, 0.1) is 25.6 Å². The number of unbranched alkanes of at least 4 members (excludes halogenated alkanes) is 6. The molecular weight excluding hydrogens is 324 g/mol. The average molecular weight is 357 g/mol. The van der Waals surface area contributed by atoms with Crippen LogP contribution in [0.15, 0.2) is 36.7 Å². The summed E-state index contributed by atoms with van der Waals surface area (Å²) < 4.78 is 11.5. The summed E-state index contributed by atoms with van der Waals surface area (Å²) in [5.41, 5.74) is 0.983. The van der Waals surface area contributed by atoms with Crippen LogP contribution in [0.4, 0.5) is 0 Å². The fourth-order valence-corrected chi connectivity index (χ4v) is 2.68. The molecule has 0 saturated heterocycles. The van der Waals surface area contributed by atoms with Gasteiger partial charge in [-0.05, 0) is 37.1 Å². The van der Waals surface area contributed by atoms with Gasteiger partial charge in [-0.15, -0.1) is 0 Å². The maximum absolute atomic E-state index is 5.74. The van der Waals surface area contributed by atoms with Gasteiger partial charge in [0, 0.05) is 5.56 Å². The third kappa shape index (κ3) is 7.42. The van der Waals surface area contributed by atoms with Crippen LogP contribution in [-0.4, -0.2) is 23.2 Å². The van der Waals surface area contributed by atoms with Crippen molar-refractivity contribution in [2.45, 2.75) is 65.2 Å². The summed E-state index contributed by atoms with van der Waals surface area (Å²) in [6, 6.07) is 7.95. The van der Waals surface area contributed by atoms with Gasteiger partial charge in [0.2, 0.25) is 0 Å². The summed E-state index contributed by atoms with van der Waals surface area (Å²) in [6.07, 6.45) is 13.2. The fraction of sp³-hybridized carbons (Fsp3) is 0.545. The van der Waals surface area contributed by atoms with Crippen LogP contribution in [-0.2, 0) is 0 Å². The lowest BCUT2D eigenvalue weighted by Crippen LogP contribution is -1.99. The Kier molecular flexibility index (Phi) is 9.55. The van der Waals surface area contributed by atoms with Gasteiger partial charge < -0.3 is 9.47 Å². The molecule has 4 nitrogen and oxygen atoms in total. The van der Waals surface area contributed by atoms with Crippen molar-refractivity contribution in [3.05, 3.63) is 36.7 Å². The molecular formula is C22H32N2O2. The molecule has 0 unspecified atom stereocenters. The molecule has 0 aliphatic carbocycles. The van der Waals surface area contributed by atoms with Crippen LogP contribution in [0.1, 0.15) is 65.2 Å². The minimum atomic E-state index is 0.706. The van der Waals surface area contributed by atoms with Crippen molar-refractivity contribution in [3.63, 3.8) is 0 Å². The molecule has 0 bridgehead atoms. The molecule has 4 heteroatoms. The number of benzene rings is 1. The van der Waals surface area contributed by atoms with E-state index < -0.39 is 0 Å². The Morgan fingerprint density at radius 3 is 1.85 bits per heavy atom. The molecule has 1 heterocycles. The van der Waals surface area contributed by atoms with Gasteiger partial charge >= 0.3 is 0 Å². The van der Waals surface area contributed by atoms with Crippen molar-refractivity contribution < 1.29 is 9.47 Å². The van der Waals surface area contributed by atoms with Crippen LogP contribution < -0.4 is 9.47 Å². The summed E-state index contributed by atoms with van der Waals surface area (Å²) in [6.45, 7) is 5.92. The first-order chi connectivity index (χ1) is 12.8. The first kappa shape index (κ1) is 20.2. The molecule has 0 N–H and O–H groups in total. The second kappa shape index (κ2) is 12.3. The normalized spacial score (nSPS) is 10.7. The van der Waals surface area contributed by atoms with Gasteiger partial charge in [0.15, 0.2) is 11.6 Å². The zero-order valence-electron chi connectivity index (χ0n) is 16.2. The summed E-state index contributed by atoms with van der Waals surface area (Å²) in [4.78, 5) is 8.83. The van der Waals surface area contributed by atoms with Crippen molar-refractivity contribution >= 4 is 0 Å². The zero-order chi connectivity index (χ0) is 18.5. The van der Waals surface area contributed by atoms with E-state index >= 15 is 0 Å². The number of rotatable bonds is 13. The minimum absolute atomic E-state index is 0.706. The predicted octanol–water partition coefficient (Wildman–Crippen LogP) is 6.06. The molecule has 0 atom stereocenters. The molecule has 2 rings (SSSR count). The Hall–Kier alpha value is -2.10. The van der Waals surface area contributed by atoms with E-state index in [1.165, 1.54) is 38.5 Å². The standard InChI is InChI=1S/C22H32N2O2/c1-3-5-7-8-10-16-26-21-17-23-22(24-18-21)19-11-13-20(14-12-19)25-15-9-6-4-2/h11-14,17-18H,3-10,15-16H2,1-2H3. The van der Waals surface area contributed by atoms with Crippen LogP contribution in [0.25, 0.3) is 11.4 Å². The molecule has 0 saturated carbocycles. The molecule has 142 valence electrons. The lowest BCUT2D eigenvalue weighted by Gasteiger charge is -2.08. The van der Waals surface area contributed by atoms with Gasteiger partial charge in [0.25, 0.3) is 0 Å². The number of hydrogen-bond donors (Lipinski definition) is 0. The van der Waals surface area contributed by atoms with Gasteiger partial charge in [-0.2, -0.15) is 0 Å². The van der Waals surface area contributed by atoms with E-state index in [1.807, 2.05) is 24.3 Å². The van der Waals surface area contributed by atoms with E-state index in [-0.39, 0.29) is 0 Å². The largest absolute Gasteiger partial charge is 0.494 e. The van der Waals surface area contributed by atoms with Crippen molar-refractivity contribution in [1.29, 1.82) is 0 Å². The predicted molar refractivity (Wildman–Crippen MR) is 107 cm³/mol. The molecule has 2 aromatic rings. The van der Waals surface area contributed by atoms with Crippen molar-refractivity contribution in [2.75, 3.05) is 13.2 Å². The van der Waals surface area contributed by atoms with Gasteiger partial charge in [0.1, 0.15) is 5.75 Å². The van der Waals surface area contributed by atoms with Gasteiger partial charge in [-0.3, -0.25) is 0 Å². The lowest BCUT2D eigenvalue weighted by molar-refractivity contribution is 0.302. The third-order valence-electron chi connectivity index (χ3n) is 4.27. The number of ether oxygens (including phenoxy) is 2. The molecule has 0 fully saturated rings. The summed E-state index contributed by atoms with van der Waals surface area (Å²) in [5.74, 6) is 2.34. The molecule has 0 amide bonds. The second-order valence-electron chi connectivity index (χ2n) is 6.58. The number of nitrogens with zero attached hydrogens (tertiary/aromatic N) is 2. The third-order valence-corrected chi connectivity index (χ3v) is 4.27. The molecule has 0 aliphatic heterocycles. The number of hydrogen-bond acceptors (Lipinski definition) is 4. The lowest BCUT2D eigenvalue weighted by atomic mass is 10.2. The Morgan fingerprint density at radius 2 is 1.19 bits per heavy atom. The zero-order valence-corrected chi connectivity index (χ0v) is 16.2.